The predicted octanol–water partition coefficient (Wildman–Crippen LogP) is 4.28. The molecule has 6 nitrogen and oxygen atoms in total. The predicted molar refractivity (Wildman–Crippen MR) is 119 cm³/mol. The monoisotopic (exact) mass is 475 g/mol. The molecular formula is C25H28F3N3O3. The molecule has 2 aliphatic carbocycles. The van der Waals surface area contributed by atoms with Gasteiger partial charge < -0.3 is 15.7 Å². The van der Waals surface area contributed by atoms with Crippen LogP contribution in [0.15, 0.2) is 42.6 Å². The summed E-state index contributed by atoms with van der Waals surface area (Å²) in [5.41, 5.74) is 3.61. The molecule has 34 heavy (non-hydrogen) atoms. The van der Waals surface area contributed by atoms with Gasteiger partial charge in [0.25, 0.3) is 11.8 Å². The van der Waals surface area contributed by atoms with Crippen LogP contribution < -0.4 is 5.73 Å². The number of nitrogens with two attached hydrogens (primary N) is 1. The summed E-state index contributed by atoms with van der Waals surface area (Å²) in [7, 11) is 0. The lowest BCUT2D eigenvalue weighted by Crippen LogP contribution is -2.44. The molecule has 9 heteroatoms. The highest BCUT2D eigenvalue weighted by molar-refractivity contribution is 5.95. The van der Waals surface area contributed by atoms with Gasteiger partial charge in [-0.3, -0.25) is 14.6 Å². The van der Waals surface area contributed by atoms with Gasteiger partial charge in [0.05, 0.1) is 0 Å². The number of alkyl halides is 3. The second-order valence-electron chi connectivity index (χ2n) is 9.40. The van der Waals surface area contributed by atoms with Crippen molar-refractivity contribution in [1.29, 1.82) is 0 Å². The molecule has 2 amide bonds. The minimum absolute atomic E-state index is 0.0166. The van der Waals surface area contributed by atoms with Crippen molar-refractivity contribution in [2.24, 2.45) is 5.73 Å². The summed E-state index contributed by atoms with van der Waals surface area (Å²) >= 11 is 0. The topological polar surface area (TPSA) is 96.5 Å². The largest absolute Gasteiger partial charge is 0.421 e. The third-order valence-corrected chi connectivity index (χ3v) is 7.02. The molecule has 4 rings (SSSR count). The summed E-state index contributed by atoms with van der Waals surface area (Å²) in [6.07, 6.45) is 1.59. The van der Waals surface area contributed by atoms with Gasteiger partial charge in [-0.25, -0.2) is 0 Å². The highest BCUT2D eigenvalue weighted by Crippen LogP contribution is 2.41. The van der Waals surface area contributed by atoms with Crippen molar-refractivity contribution in [3.05, 3.63) is 65.0 Å². The normalized spacial score (nSPS) is 22.6. The first kappa shape index (κ1) is 24.2. The van der Waals surface area contributed by atoms with Gasteiger partial charge in [0.15, 0.2) is 5.60 Å². The number of aliphatic hydroxyl groups is 1. The molecule has 2 saturated carbocycles. The number of hydrogen-bond acceptors (Lipinski definition) is 4. The van der Waals surface area contributed by atoms with E-state index in [4.69, 9.17) is 5.73 Å². The van der Waals surface area contributed by atoms with E-state index in [1.807, 2.05) is 11.0 Å². The van der Waals surface area contributed by atoms with Gasteiger partial charge in [0.1, 0.15) is 5.69 Å². The van der Waals surface area contributed by atoms with Crippen LogP contribution in [0.1, 0.15) is 83.3 Å². The van der Waals surface area contributed by atoms with Crippen molar-refractivity contribution in [2.75, 3.05) is 0 Å². The van der Waals surface area contributed by atoms with Crippen LogP contribution in [-0.2, 0) is 5.60 Å². The van der Waals surface area contributed by atoms with Crippen LogP contribution in [0.4, 0.5) is 13.2 Å². The molecule has 2 aliphatic rings. The fourth-order valence-electron chi connectivity index (χ4n) is 4.85. The van der Waals surface area contributed by atoms with Crippen LogP contribution >= 0.6 is 0 Å². The Morgan fingerprint density at radius 3 is 2.06 bits per heavy atom. The second kappa shape index (κ2) is 9.02. The summed E-state index contributed by atoms with van der Waals surface area (Å²) in [5, 5.41) is 9.88. The van der Waals surface area contributed by atoms with E-state index < -0.39 is 17.7 Å². The smallest absolute Gasteiger partial charge is 0.376 e. The van der Waals surface area contributed by atoms with Crippen molar-refractivity contribution >= 4 is 11.8 Å². The lowest BCUT2D eigenvalue weighted by atomic mass is 9.80. The Labute approximate surface area is 196 Å². The van der Waals surface area contributed by atoms with Crippen LogP contribution in [0.2, 0.25) is 0 Å². The molecule has 0 saturated heterocycles. The summed E-state index contributed by atoms with van der Waals surface area (Å²) in [4.78, 5) is 31.1. The lowest BCUT2D eigenvalue weighted by molar-refractivity contribution is -0.258. The quantitative estimate of drug-likeness (QED) is 0.652. The van der Waals surface area contributed by atoms with E-state index in [9.17, 15) is 27.9 Å². The number of amides is 2. The minimum Gasteiger partial charge on any atom is -0.376 e. The number of primary amides is 1. The number of carbonyl (C=O) groups is 2. The van der Waals surface area contributed by atoms with Crippen LogP contribution in [0.3, 0.4) is 0 Å². The van der Waals surface area contributed by atoms with Gasteiger partial charge in [-0.1, -0.05) is 18.2 Å². The Hall–Kier alpha value is -2.94. The average Bonchev–Trinajstić information content (AvgIpc) is 3.64. The van der Waals surface area contributed by atoms with E-state index in [1.165, 1.54) is 12.1 Å². The number of carbonyl (C=O) groups excluding carboxylic acids is 2. The fraction of sp³-hybridized carbons (Fsp3) is 0.480. The Morgan fingerprint density at radius 1 is 1.00 bits per heavy atom. The molecule has 2 aromatic rings. The molecule has 0 bridgehead atoms. The van der Waals surface area contributed by atoms with Crippen LogP contribution in [0.5, 0.6) is 0 Å². The van der Waals surface area contributed by atoms with E-state index in [2.05, 4.69) is 4.98 Å². The zero-order valence-corrected chi connectivity index (χ0v) is 18.9. The molecule has 1 aromatic heterocycles. The van der Waals surface area contributed by atoms with Gasteiger partial charge in [-0.15, -0.1) is 0 Å². The van der Waals surface area contributed by atoms with Crippen molar-refractivity contribution in [3.63, 3.8) is 0 Å². The number of halogens is 3. The maximum atomic E-state index is 13.3. The van der Waals surface area contributed by atoms with Gasteiger partial charge in [0, 0.05) is 23.8 Å². The third kappa shape index (κ3) is 4.66. The molecule has 1 heterocycles. The highest BCUT2D eigenvalue weighted by Gasteiger charge is 2.51. The van der Waals surface area contributed by atoms with Crippen molar-refractivity contribution in [1.82, 2.24) is 9.88 Å². The summed E-state index contributed by atoms with van der Waals surface area (Å²) in [5.74, 6) is -0.628. The molecule has 0 radical (unpaired) electrons. The zero-order chi connectivity index (χ0) is 24.7. The minimum atomic E-state index is -4.82. The van der Waals surface area contributed by atoms with Crippen molar-refractivity contribution in [2.45, 2.75) is 75.2 Å². The maximum Gasteiger partial charge on any atom is 0.421 e. The zero-order valence-electron chi connectivity index (χ0n) is 18.9. The van der Waals surface area contributed by atoms with Gasteiger partial charge >= 0.3 is 6.18 Å². The molecule has 0 unspecified atom stereocenters. The van der Waals surface area contributed by atoms with Gasteiger partial charge in [0.2, 0.25) is 0 Å². The number of hydrogen-bond donors (Lipinski definition) is 2. The second-order valence-corrected chi connectivity index (χ2v) is 9.40. The third-order valence-electron chi connectivity index (χ3n) is 7.02. The Bertz CT molecular complexity index is 1060. The number of nitrogens with zero attached hydrogens (tertiary/aromatic N) is 2. The lowest BCUT2D eigenvalue weighted by Gasteiger charge is -2.37. The van der Waals surface area contributed by atoms with Crippen molar-refractivity contribution < 1.29 is 27.9 Å². The molecule has 3 N–H and O–H groups in total. The first-order valence-electron chi connectivity index (χ1n) is 11.5. The van der Waals surface area contributed by atoms with Crippen LogP contribution in [0.25, 0.3) is 0 Å². The summed E-state index contributed by atoms with van der Waals surface area (Å²) < 4.78 is 39.4. The first-order valence-corrected chi connectivity index (χ1v) is 11.5. The van der Waals surface area contributed by atoms with E-state index in [0.29, 0.717) is 12.5 Å². The molecule has 0 aliphatic heterocycles. The Morgan fingerprint density at radius 2 is 1.56 bits per heavy atom. The molecular weight excluding hydrogens is 447 g/mol. The summed E-state index contributed by atoms with van der Waals surface area (Å²) in [6, 6.07) is 8.84. The van der Waals surface area contributed by atoms with Crippen LogP contribution in [-0.4, -0.2) is 45.1 Å². The van der Waals surface area contributed by atoms with E-state index >= 15 is 0 Å². The van der Waals surface area contributed by atoms with Gasteiger partial charge in [-0.05, 0) is 80.7 Å². The van der Waals surface area contributed by atoms with E-state index in [1.54, 1.807) is 12.3 Å². The van der Waals surface area contributed by atoms with E-state index in [-0.39, 0.29) is 35.2 Å². The summed E-state index contributed by atoms with van der Waals surface area (Å²) in [6.45, 7) is 0.699. The van der Waals surface area contributed by atoms with E-state index in [0.717, 1.165) is 56.2 Å². The Kier molecular flexibility index (Phi) is 6.42. The molecule has 1 atom stereocenters. The van der Waals surface area contributed by atoms with Crippen molar-refractivity contribution in [3.8, 4) is 0 Å². The van der Waals surface area contributed by atoms with Gasteiger partial charge in [-0.2, -0.15) is 13.2 Å². The number of aromatic nitrogens is 1. The molecule has 2 fully saturated rings. The maximum absolute atomic E-state index is 13.3. The molecule has 1 aromatic carbocycles. The fourth-order valence-corrected chi connectivity index (χ4v) is 4.85. The molecule has 0 spiro atoms. The van der Waals surface area contributed by atoms with Crippen LogP contribution in [0, 0.1) is 0 Å². The number of rotatable bonds is 6. The average molecular weight is 476 g/mol. The Balaban J connectivity index is 1.48. The molecule has 182 valence electrons. The first-order chi connectivity index (χ1) is 16.0. The number of benzene rings is 1. The standard InChI is InChI=1S/C25H28F3N3O3/c1-24(34,25(26,27)28)17-8-4-16(5-9-17)23(33)31(19-12-13-19)18-10-6-15(7-11-18)20-3-2-14-30-21(20)22(29)32/h2-5,8-9,14-15,18-19,34H,6-7,10-13H2,1H3,(H2,29,32)/t15?,18?,24-/m0/s1. The highest BCUT2D eigenvalue weighted by atomic mass is 19.4. The number of pyridine rings is 1. The SMILES string of the molecule is C[C@](O)(c1ccc(C(=O)N(C2CCC(c3cccnc3C(N)=O)CC2)C2CC2)cc1)C(F)(F)F.